The van der Waals surface area contributed by atoms with Crippen molar-refractivity contribution in [2.24, 2.45) is 30.9 Å². The zero-order valence-electron chi connectivity index (χ0n) is 17.8. The third-order valence-corrected chi connectivity index (χ3v) is 5.87. The van der Waals surface area contributed by atoms with E-state index in [-0.39, 0.29) is 12.6 Å². The number of hydrogen-bond donors (Lipinski definition) is 0. The van der Waals surface area contributed by atoms with E-state index in [1.165, 1.54) is 0 Å². The Kier molecular flexibility index (Phi) is 11.6. The first-order valence-corrected chi connectivity index (χ1v) is 12.2. The highest BCUT2D eigenvalue weighted by Crippen LogP contribution is 2.25. The van der Waals surface area contributed by atoms with E-state index in [4.69, 9.17) is 98.1 Å². The van der Waals surface area contributed by atoms with Crippen molar-refractivity contribution < 1.29 is 28.5 Å². The fourth-order valence-electron chi connectivity index (χ4n) is 2.33. The van der Waals surface area contributed by atoms with Gasteiger partial charge in [0.2, 0.25) is 31.0 Å². The number of hydrogen-bond acceptors (Lipinski definition) is 12. The van der Waals surface area contributed by atoms with Crippen LogP contribution in [0.2, 0.25) is 12.6 Å². The summed E-state index contributed by atoms with van der Waals surface area (Å²) in [5.74, 6) is 0. The zero-order valence-corrected chi connectivity index (χ0v) is 22.3. The second-order valence-electron chi connectivity index (χ2n) is 6.79. The molecule has 0 radical (unpaired) electrons. The molecule has 3 aliphatic rings. The molecule has 0 amide bonds. The van der Waals surface area contributed by atoms with Gasteiger partial charge in [-0.15, -0.1) is 30.9 Å². The number of halogens is 6. The van der Waals surface area contributed by atoms with Gasteiger partial charge in [-0.25, -0.2) is 0 Å². The van der Waals surface area contributed by atoms with Crippen molar-refractivity contribution in [3.63, 3.8) is 0 Å². The maximum Gasteiger partial charge on any atom is 0.609 e. The molecule has 20 heteroatoms. The van der Waals surface area contributed by atoms with Crippen molar-refractivity contribution in [1.29, 1.82) is 0 Å². The fraction of sp³-hybridized carbons (Fsp3) is 0.571. The quantitative estimate of drug-likeness (QED) is 0.349. The van der Waals surface area contributed by atoms with Crippen molar-refractivity contribution in [3.8, 4) is 0 Å². The summed E-state index contributed by atoms with van der Waals surface area (Å²) in [5.41, 5.74) is 0. The van der Waals surface area contributed by atoms with E-state index in [2.05, 4.69) is 30.9 Å². The Balaban J connectivity index is 2.73. The van der Waals surface area contributed by atoms with Crippen molar-refractivity contribution in [1.82, 2.24) is 0 Å². The molecule has 0 aromatic rings. The van der Waals surface area contributed by atoms with Gasteiger partial charge in [0.15, 0.2) is 0 Å². The summed E-state index contributed by atoms with van der Waals surface area (Å²) in [7, 11) is 0. The predicted octanol–water partition coefficient (Wildman–Crippen LogP) is 5.91. The van der Waals surface area contributed by atoms with Gasteiger partial charge < -0.3 is 28.5 Å². The smallest absolute Gasteiger partial charge is 0.539 e. The summed E-state index contributed by atoms with van der Waals surface area (Å²) in [6.07, 6.45) is 2.48. The molecule has 0 aliphatic carbocycles. The molecule has 0 N–H and O–H groups in total. The maximum atomic E-state index is 6.08. The molecule has 0 spiro atoms. The molecule has 0 atom stereocenters. The average molecular weight is 601 g/mol. The van der Waals surface area contributed by atoms with Crippen LogP contribution in [0, 0.1) is 0 Å². The minimum atomic E-state index is -2.97. The van der Waals surface area contributed by atoms with Crippen LogP contribution in [-0.2, 0) is 28.5 Å². The van der Waals surface area contributed by atoms with Gasteiger partial charge in [-0.05, 0) is 0 Å². The first-order chi connectivity index (χ1) is 16.2. The van der Waals surface area contributed by atoms with Crippen LogP contribution >= 0.6 is 69.6 Å². The van der Waals surface area contributed by atoms with Gasteiger partial charge >= 0.3 is 13.5 Å². The Morgan fingerprint density at radius 3 is 0.853 bits per heavy atom. The van der Waals surface area contributed by atoms with Crippen LogP contribution in [0.15, 0.2) is 30.9 Å². The fourth-order valence-corrected chi connectivity index (χ4v) is 2.77. The lowest BCUT2D eigenvalue weighted by Gasteiger charge is -2.35. The number of rotatable bonds is 6. The van der Waals surface area contributed by atoms with Gasteiger partial charge in [-0.1, -0.05) is 122 Å². The molecule has 3 aliphatic heterocycles. The highest BCUT2D eigenvalue weighted by Gasteiger charge is 2.40. The molecule has 34 heavy (non-hydrogen) atoms. The molecule has 3 heterocycles. The van der Waals surface area contributed by atoms with Gasteiger partial charge in [0, 0.05) is 0 Å². The third kappa shape index (κ3) is 8.42. The normalized spacial score (nSPS) is 32.2. The first-order valence-electron chi connectivity index (χ1n) is 9.97. The van der Waals surface area contributed by atoms with Crippen molar-refractivity contribution in [2.75, 3.05) is 0 Å². The highest BCUT2D eigenvalue weighted by molar-refractivity contribution is 7.01. The van der Waals surface area contributed by atoms with E-state index in [1.807, 2.05) is 13.8 Å². The molecule has 0 fully saturated rings. The summed E-state index contributed by atoms with van der Waals surface area (Å²) in [5, 5.41) is 19.4. The predicted molar refractivity (Wildman–Crippen MR) is 137 cm³/mol. The molecule has 190 valence electrons. The van der Waals surface area contributed by atoms with E-state index < -0.39 is 44.5 Å². The van der Waals surface area contributed by atoms with E-state index in [0.29, 0.717) is 25.7 Å². The Bertz CT molecular complexity index is 747. The van der Waals surface area contributed by atoms with Crippen LogP contribution in [0.1, 0.15) is 39.5 Å². The van der Waals surface area contributed by atoms with Crippen LogP contribution in [0.5, 0.6) is 0 Å². The second kappa shape index (κ2) is 13.7. The van der Waals surface area contributed by atoms with Gasteiger partial charge in [-0.3, -0.25) is 0 Å². The van der Waals surface area contributed by atoms with Crippen molar-refractivity contribution in [3.05, 3.63) is 0 Å². The molecule has 0 aromatic heterocycles. The monoisotopic (exact) mass is 598 g/mol. The second-order valence-corrected chi connectivity index (χ2v) is 8.93. The topological polar surface area (TPSA) is 130 Å². The Morgan fingerprint density at radius 1 is 0.471 bits per heavy atom. The average Bonchev–Trinajstić information content (AvgIpc) is 2.84. The Morgan fingerprint density at radius 2 is 0.676 bits per heavy atom. The lowest BCUT2D eigenvalue weighted by atomic mass is 9.73. The van der Waals surface area contributed by atoms with Crippen LogP contribution in [0.25, 0.3) is 0 Å². The standard InChI is InChI=1S/C14H18B2Cl6N6O6/c1-3-5-7-15-29-23-9(17)12(20)26-32-16(8-6-4-2,33-27-13(21)10(18)24-30-15)34-28-14(22)11(19)25-31-15/h3-8H2,1-2H3/q-2/b23-9-,24-10-,25-11-,26-12-,27-13?,28-14?. The lowest BCUT2D eigenvalue weighted by molar-refractivity contribution is 0.0631. The molecule has 0 unspecified atom stereocenters. The van der Waals surface area contributed by atoms with Crippen molar-refractivity contribution >= 4 is 114 Å². The molecule has 0 saturated heterocycles. The van der Waals surface area contributed by atoms with E-state index in [9.17, 15) is 0 Å². The van der Waals surface area contributed by atoms with Crippen LogP contribution in [0.4, 0.5) is 0 Å². The van der Waals surface area contributed by atoms with E-state index in [1.54, 1.807) is 0 Å². The highest BCUT2D eigenvalue weighted by atomic mass is 35.5. The van der Waals surface area contributed by atoms with Crippen LogP contribution < -0.4 is 0 Å². The lowest BCUT2D eigenvalue weighted by Crippen LogP contribution is -2.44. The van der Waals surface area contributed by atoms with Gasteiger partial charge in [0.1, 0.15) is 0 Å². The molecule has 2 bridgehead atoms. The van der Waals surface area contributed by atoms with Crippen LogP contribution in [0.3, 0.4) is 0 Å². The van der Waals surface area contributed by atoms with E-state index in [0.717, 1.165) is 0 Å². The molecule has 3 rings (SSSR count). The number of nitrogens with zero attached hydrogens (tertiary/aromatic N) is 6. The maximum absolute atomic E-state index is 6.08. The summed E-state index contributed by atoms with van der Waals surface area (Å²) in [6.45, 7) is -2.15. The molecule has 0 saturated carbocycles. The summed E-state index contributed by atoms with van der Waals surface area (Å²) in [6, 6.07) is 0. The third-order valence-electron chi connectivity index (χ3n) is 4.09. The largest absolute Gasteiger partial charge is 0.609 e. The van der Waals surface area contributed by atoms with Gasteiger partial charge in [0.25, 0.3) is 0 Å². The van der Waals surface area contributed by atoms with Gasteiger partial charge in [0.05, 0.1) is 0 Å². The van der Waals surface area contributed by atoms with Gasteiger partial charge in [-0.2, -0.15) is 0 Å². The SMILES string of the molecule is CCCC[B-]12ON=C(Cl)/C(Cl)=N/O[B-](CCCC)(O/N=C(\Cl)C(Cl)=NO1)O/N=C(Cl)/C(Cl)=N/O2. The Hall–Kier alpha value is -1.31. The minimum Gasteiger partial charge on any atom is -0.539 e. The summed E-state index contributed by atoms with van der Waals surface area (Å²) in [4.78, 5) is 0. The van der Waals surface area contributed by atoms with Crippen molar-refractivity contribution in [2.45, 2.75) is 52.2 Å². The zero-order chi connectivity index (χ0) is 25.2. The minimum absolute atomic E-state index is 0.0521. The summed E-state index contributed by atoms with van der Waals surface area (Å²) < 4.78 is 32.4. The van der Waals surface area contributed by atoms with Crippen LogP contribution in [-0.4, -0.2) is 44.5 Å². The Labute approximate surface area is 225 Å². The molecular weight excluding hydrogens is 583 g/mol. The molecule has 12 nitrogen and oxygen atoms in total. The molecular formula is C14H18B2Cl6N6O6-2. The number of oxime groups is 6. The van der Waals surface area contributed by atoms with E-state index >= 15 is 0 Å². The number of unbranched alkanes of at least 4 members (excludes halogenated alkanes) is 2. The number of fused-ring (bicyclic) bond motifs is 9. The summed E-state index contributed by atoms with van der Waals surface area (Å²) >= 11 is 36.5. The first kappa shape index (κ1) is 28.9. The molecule has 0 aromatic carbocycles.